The Kier molecular flexibility index (Phi) is 10.2. The molecular formula is C35H42FN5O4. The highest BCUT2D eigenvalue weighted by Gasteiger charge is 2.22. The van der Waals surface area contributed by atoms with Crippen molar-refractivity contribution in [2.45, 2.75) is 31.8 Å². The molecule has 0 bridgehead atoms. The molecular weight excluding hydrogens is 573 g/mol. The van der Waals surface area contributed by atoms with Crippen molar-refractivity contribution in [3.05, 3.63) is 72.0 Å². The van der Waals surface area contributed by atoms with Gasteiger partial charge in [0.25, 0.3) is 0 Å². The van der Waals surface area contributed by atoms with Crippen molar-refractivity contribution < 1.29 is 23.3 Å². The molecule has 1 aromatic heterocycles. The Morgan fingerprint density at radius 1 is 0.844 bits per heavy atom. The van der Waals surface area contributed by atoms with Crippen LogP contribution in [0, 0.1) is 5.82 Å². The summed E-state index contributed by atoms with van der Waals surface area (Å²) in [7, 11) is 3.33. The summed E-state index contributed by atoms with van der Waals surface area (Å²) in [6.07, 6.45) is 2.76. The molecule has 2 saturated heterocycles. The van der Waals surface area contributed by atoms with E-state index in [1.165, 1.54) is 0 Å². The summed E-state index contributed by atoms with van der Waals surface area (Å²) in [6.45, 7) is 7.43. The van der Waals surface area contributed by atoms with Gasteiger partial charge < -0.3 is 24.3 Å². The molecule has 238 valence electrons. The summed E-state index contributed by atoms with van der Waals surface area (Å²) in [4.78, 5) is 4.73. The van der Waals surface area contributed by atoms with Crippen molar-refractivity contribution in [2.24, 2.45) is 0 Å². The van der Waals surface area contributed by atoms with Gasteiger partial charge in [0.2, 0.25) is 0 Å². The van der Waals surface area contributed by atoms with E-state index in [9.17, 15) is 4.39 Å². The number of hydrogen-bond acceptors (Lipinski definition) is 9. The standard InChI is InChI=1S/C35H42FN5O4/c1-42-28-7-5-26(6-8-28)34-30-10-9-29(43-2)23-31(30)35(39-38-34)37-27-12-15-41(16-13-27)24-25-4-11-33(32(36)22-25)45-19-3-14-40-17-20-44-21-18-40/h4-11,22-23,27H,3,12-21,24H2,1-2H3,(H,37,39). The number of morpholine rings is 1. The summed E-state index contributed by atoms with van der Waals surface area (Å²) in [5.74, 6) is 2.35. The summed E-state index contributed by atoms with van der Waals surface area (Å²) in [6, 6.07) is 19.5. The molecule has 10 heteroatoms. The fourth-order valence-electron chi connectivity index (χ4n) is 6.07. The van der Waals surface area contributed by atoms with Crippen molar-refractivity contribution in [3.8, 4) is 28.5 Å². The predicted molar refractivity (Wildman–Crippen MR) is 174 cm³/mol. The van der Waals surface area contributed by atoms with E-state index in [0.29, 0.717) is 18.9 Å². The topological polar surface area (TPSA) is 81.2 Å². The molecule has 2 aliphatic heterocycles. The van der Waals surface area contributed by atoms with Gasteiger partial charge in [-0.15, -0.1) is 10.2 Å². The Hall–Kier alpha value is -3.99. The van der Waals surface area contributed by atoms with Crippen LogP contribution in [0.15, 0.2) is 60.7 Å². The Morgan fingerprint density at radius 2 is 1.60 bits per heavy atom. The molecule has 9 nitrogen and oxygen atoms in total. The van der Waals surface area contributed by atoms with Crippen molar-refractivity contribution in [1.29, 1.82) is 0 Å². The summed E-state index contributed by atoms with van der Waals surface area (Å²) < 4.78 is 36.8. The number of likely N-dealkylation sites (tertiary alicyclic amines) is 1. The van der Waals surface area contributed by atoms with E-state index >= 15 is 0 Å². The molecule has 0 radical (unpaired) electrons. The number of hydrogen-bond donors (Lipinski definition) is 1. The van der Waals surface area contributed by atoms with Gasteiger partial charge in [0, 0.05) is 61.6 Å². The summed E-state index contributed by atoms with van der Waals surface area (Å²) in [5.41, 5.74) is 2.74. The number of ether oxygens (including phenoxy) is 4. The molecule has 2 aliphatic rings. The number of nitrogens with zero attached hydrogens (tertiary/aromatic N) is 4. The van der Waals surface area contributed by atoms with Crippen LogP contribution in [0.4, 0.5) is 10.2 Å². The molecule has 2 fully saturated rings. The molecule has 0 aliphatic carbocycles. The quantitative estimate of drug-likeness (QED) is 0.204. The highest BCUT2D eigenvalue weighted by atomic mass is 19.1. The zero-order valence-corrected chi connectivity index (χ0v) is 26.1. The van der Waals surface area contributed by atoms with Gasteiger partial charge in [-0.05, 0) is 79.4 Å². The maximum atomic E-state index is 14.8. The lowest BCUT2D eigenvalue weighted by atomic mass is 10.0. The Morgan fingerprint density at radius 3 is 2.33 bits per heavy atom. The third-order valence-electron chi connectivity index (χ3n) is 8.66. The molecule has 0 saturated carbocycles. The number of aromatic nitrogens is 2. The average Bonchev–Trinajstić information content (AvgIpc) is 3.09. The number of methoxy groups -OCH3 is 2. The molecule has 0 amide bonds. The van der Waals surface area contributed by atoms with Crippen molar-refractivity contribution in [3.63, 3.8) is 0 Å². The van der Waals surface area contributed by atoms with Crippen molar-refractivity contribution in [1.82, 2.24) is 20.0 Å². The molecule has 0 spiro atoms. The predicted octanol–water partition coefficient (Wildman–Crippen LogP) is 5.63. The maximum absolute atomic E-state index is 14.8. The van der Waals surface area contributed by atoms with E-state index in [1.54, 1.807) is 26.4 Å². The van der Waals surface area contributed by atoms with Gasteiger partial charge in [-0.1, -0.05) is 6.07 Å². The van der Waals surface area contributed by atoms with E-state index in [1.807, 2.05) is 48.5 Å². The van der Waals surface area contributed by atoms with E-state index < -0.39 is 0 Å². The van der Waals surface area contributed by atoms with E-state index in [2.05, 4.69) is 25.3 Å². The maximum Gasteiger partial charge on any atom is 0.165 e. The number of rotatable bonds is 12. The first-order valence-corrected chi connectivity index (χ1v) is 15.8. The smallest absolute Gasteiger partial charge is 0.165 e. The molecule has 3 aromatic carbocycles. The Bertz CT molecular complexity index is 1560. The molecule has 6 rings (SSSR count). The van der Waals surface area contributed by atoms with Gasteiger partial charge in [-0.2, -0.15) is 0 Å². The van der Waals surface area contributed by atoms with Gasteiger partial charge >= 0.3 is 0 Å². The number of anilines is 1. The van der Waals surface area contributed by atoms with Crippen LogP contribution < -0.4 is 19.5 Å². The van der Waals surface area contributed by atoms with Crippen LogP contribution in [0.25, 0.3) is 22.0 Å². The van der Waals surface area contributed by atoms with Gasteiger partial charge in [0.05, 0.1) is 34.0 Å². The fourth-order valence-corrected chi connectivity index (χ4v) is 6.07. The van der Waals surface area contributed by atoms with Gasteiger partial charge in [0.1, 0.15) is 17.2 Å². The molecule has 45 heavy (non-hydrogen) atoms. The number of fused-ring (bicyclic) bond motifs is 1. The minimum Gasteiger partial charge on any atom is -0.497 e. The van der Waals surface area contributed by atoms with Crippen molar-refractivity contribution in [2.75, 3.05) is 72.1 Å². The lowest BCUT2D eigenvalue weighted by Gasteiger charge is -2.32. The van der Waals surface area contributed by atoms with E-state index in [-0.39, 0.29) is 11.9 Å². The van der Waals surface area contributed by atoms with E-state index in [4.69, 9.17) is 18.9 Å². The first-order chi connectivity index (χ1) is 22.1. The number of nitrogens with one attached hydrogen (secondary N) is 1. The lowest BCUT2D eigenvalue weighted by molar-refractivity contribution is 0.0357. The molecule has 0 atom stereocenters. The van der Waals surface area contributed by atoms with Crippen LogP contribution in [0.5, 0.6) is 17.2 Å². The monoisotopic (exact) mass is 615 g/mol. The second kappa shape index (κ2) is 14.9. The van der Waals surface area contributed by atoms with Crippen LogP contribution in [-0.2, 0) is 11.3 Å². The average molecular weight is 616 g/mol. The number of benzene rings is 3. The normalized spacial score (nSPS) is 16.5. The fraction of sp³-hybridized carbons (Fsp3) is 0.429. The van der Waals surface area contributed by atoms with Crippen LogP contribution in [0.3, 0.4) is 0 Å². The Labute approximate surface area is 264 Å². The van der Waals surface area contributed by atoms with E-state index in [0.717, 1.165) is 110 Å². The lowest BCUT2D eigenvalue weighted by Crippen LogP contribution is -2.38. The first kappa shape index (κ1) is 31.0. The third kappa shape index (κ3) is 7.81. The highest BCUT2D eigenvalue weighted by molar-refractivity contribution is 6.00. The van der Waals surface area contributed by atoms with Crippen molar-refractivity contribution >= 4 is 16.6 Å². The molecule has 4 aromatic rings. The van der Waals surface area contributed by atoms with Gasteiger partial charge in [-0.25, -0.2) is 4.39 Å². The molecule has 3 heterocycles. The summed E-state index contributed by atoms with van der Waals surface area (Å²) in [5, 5.41) is 14.9. The zero-order valence-electron chi connectivity index (χ0n) is 26.1. The first-order valence-electron chi connectivity index (χ1n) is 15.8. The highest BCUT2D eigenvalue weighted by Crippen LogP contribution is 2.34. The second-order valence-corrected chi connectivity index (χ2v) is 11.7. The molecule has 0 unspecified atom stereocenters. The van der Waals surface area contributed by atoms with Crippen LogP contribution in [0.2, 0.25) is 0 Å². The van der Waals surface area contributed by atoms with Gasteiger partial charge in [-0.3, -0.25) is 9.80 Å². The number of halogens is 1. The van der Waals surface area contributed by atoms with Gasteiger partial charge in [0.15, 0.2) is 17.4 Å². The van der Waals surface area contributed by atoms with Crippen LogP contribution in [-0.4, -0.2) is 92.8 Å². The minimum atomic E-state index is -0.297. The minimum absolute atomic E-state index is 0.252. The summed E-state index contributed by atoms with van der Waals surface area (Å²) >= 11 is 0. The SMILES string of the molecule is COc1ccc(-c2nnc(NC3CCN(Cc4ccc(OCCCN5CCOCC5)c(F)c4)CC3)c3cc(OC)ccc23)cc1. The Balaban J connectivity index is 1.03. The largest absolute Gasteiger partial charge is 0.497 e. The van der Waals surface area contributed by atoms with Crippen LogP contribution >= 0.6 is 0 Å². The third-order valence-corrected chi connectivity index (χ3v) is 8.66. The molecule has 1 N–H and O–H groups in total. The second-order valence-electron chi connectivity index (χ2n) is 11.7. The number of piperidine rings is 1. The zero-order chi connectivity index (χ0) is 31.0. The van der Waals surface area contributed by atoms with Crippen LogP contribution in [0.1, 0.15) is 24.8 Å².